The number of piperidine rings is 1. The SMILES string of the molecule is O=C(Nc1ccc(Cl)cc1)c1nnc([C@H]2CCCN(C(=O)Cc3ccc(F)cc3)C2)s1. The van der Waals surface area contributed by atoms with Crippen LogP contribution >= 0.6 is 22.9 Å². The first-order chi connectivity index (χ1) is 15.0. The summed E-state index contributed by atoms with van der Waals surface area (Å²) in [6.07, 6.45) is 1.97. The molecule has 1 atom stereocenters. The van der Waals surface area contributed by atoms with Crippen molar-refractivity contribution in [2.75, 3.05) is 18.4 Å². The van der Waals surface area contributed by atoms with Crippen LogP contribution in [0.3, 0.4) is 0 Å². The van der Waals surface area contributed by atoms with Crippen molar-refractivity contribution in [1.29, 1.82) is 0 Å². The number of nitrogens with zero attached hydrogens (tertiary/aromatic N) is 3. The minimum atomic E-state index is -0.328. The lowest BCUT2D eigenvalue weighted by Crippen LogP contribution is -2.39. The topological polar surface area (TPSA) is 75.2 Å². The Morgan fingerprint density at radius 3 is 2.61 bits per heavy atom. The second-order valence-corrected chi connectivity index (χ2v) is 8.83. The largest absolute Gasteiger partial charge is 0.342 e. The van der Waals surface area contributed by atoms with E-state index in [0.29, 0.717) is 23.8 Å². The molecule has 3 aromatic rings. The summed E-state index contributed by atoms with van der Waals surface area (Å²) >= 11 is 7.11. The van der Waals surface area contributed by atoms with E-state index in [1.54, 1.807) is 36.4 Å². The number of likely N-dealkylation sites (tertiary alicyclic amines) is 1. The fourth-order valence-corrected chi connectivity index (χ4v) is 4.49. The molecule has 9 heteroatoms. The molecule has 2 aromatic carbocycles. The molecule has 0 bridgehead atoms. The number of amides is 2. The quantitative estimate of drug-likeness (QED) is 0.609. The van der Waals surface area contributed by atoms with Crippen LogP contribution in [0.5, 0.6) is 0 Å². The van der Waals surface area contributed by atoms with E-state index in [9.17, 15) is 14.0 Å². The molecule has 6 nitrogen and oxygen atoms in total. The van der Waals surface area contributed by atoms with Gasteiger partial charge in [-0.1, -0.05) is 35.1 Å². The summed E-state index contributed by atoms with van der Waals surface area (Å²) in [6.45, 7) is 1.21. The standard InChI is InChI=1S/C22H20ClFN4O2S/c23-16-5-9-18(10-6-16)25-20(30)22-27-26-21(31-22)15-2-1-11-28(13-15)19(29)12-14-3-7-17(24)8-4-14/h3-10,15H,1-2,11-13H2,(H,25,30)/t15-/m0/s1. The average Bonchev–Trinajstić information content (AvgIpc) is 3.28. The molecule has 0 unspecified atom stereocenters. The van der Waals surface area contributed by atoms with Crippen LogP contribution < -0.4 is 5.32 Å². The van der Waals surface area contributed by atoms with Gasteiger partial charge >= 0.3 is 0 Å². The van der Waals surface area contributed by atoms with Crippen LogP contribution in [0.1, 0.15) is 39.1 Å². The van der Waals surface area contributed by atoms with E-state index in [2.05, 4.69) is 15.5 Å². The molecule has 1 aromatic heterocycles. The Morgan fingerprint density at radius 2 is 1.87 bits per heavy atom. The van der Waals surface area contributed by atoms with Crippen molar-refractivity contribution in [1.82, 2.24) is 15.1 Å². The number of hydrogen-bond acceptors (Lipinski definition) is 5. The minimum Gasteiger partial charge on any atom is -0.342 e. The molecule has 31 heavy (non-hydrogen) atoms. The number of halogens is 2. The fourth-order valence-electron chi connectivity index (χ4n) is 3.50. The number of carbonyl (C=O) groups excluding carboxylic acids is 2. The molecule has 0 saturated carbocycles. The zero-order chi connectivity index (χ0) is 21.8. The monoisotopic (exact) mass is 458 g/mol. The Bertz CT molecular complexity index is 1070. The summed E-state index contributed by atoms with van der Waals surface area (Å²) in [6, 6.07) is 12.8. The van der Waals surface area contributed by atoms with Gasteiger partial charge in [0.1, 0.15) is 10.8 Å². The highest BCUT2D eigenvalue weighted by Gasteiger charge is 2.28. The van der Waals surface area contributed by atoms with Gasteiger partial charge in [-0.3, -0.25) is 9.59 Å². The van der Waals surface area contributed by atoms with Crippen molar-refractivity contribution >= 4 is 40.4 Å². The maximum absolute atomic E-state index is 13.1. The average molecular weight is 459 g/mol. The third kappa shape index (κ3) is 5.45. The lowest BCUT2D eigenvalue weighted by atomic mass is 9.98. The van der Waals surface area contributed by atoms with Crippen LogP contribution in [0.2, 0.25) is 5.02 Å². The molecule has 1 N–H and O–H groups in total. The summed E-state index contributed by atoms with van der Waals surface area (Å²) in [5, 5.41) is 12.7. The smallest absolute Gasteiger partial charge is 0.286 e. The Labute approximate surface area is 188 Å². The fraction of sp³-hybridized carbons (Fsp3) is 0.273. The third-order valence-electron chi connectivity index (χ3n) is 5.13. The number of rotatable bonds is 5. The van der Waals surface area contributed by atoms with E-state index in [-0.39, 0.29) is 35.0 Å². The van der Waals surface area contributed by atoms with Gasteiger partial charge in [-0.2, -0.15) is 0 Å². The van der Waals surface area contributed by atoms with E-state index in [1.807, 2.05) is 4.90 Å². The lowest BCUT2D eigenvalue weighted by Gasteiger charge is -2.31. The van der Waals surface area contributed by atoms with E-state index in [4.69, 9.17) is 11.6 Å². The highest BCUT2D eigenvalue weighted by atomic mass is 35.5. The van der Waals surface area contributed by atoms with E-state index < -0.39 is 0 Å². The molecule has 0 radical (unpaired) electrons. The van der Waals surface area contributed by atoms with Crippen LogP contribution in [-0.4, -0.2) is 40.0 Å². The first-order valence-corrected chi connectivity index (χ1v) is 11.1. The van der Waals surface area contributed by atoms with Crippen LogP contribution in [0.15, 0.2) is 48.5 Å². The normalized spacial score (nSPS) is 16.2. The highest BCUT2D eigenvalue weighted by Crippen LogP contribution is 2.30. The van der Waals surface area contributed by atoms with Gasteiger partial charge < -0.3 is 10.2 Å². The predicted molar refractivity (Wildman–Crippen MR) is 118 cm³/mol. The van der Waals surface area contributed by atoms with E-state index in [0.717, 1.165) is 23.4 Å². The summed E-state index contributed by atoms with van der Waals surface area (Å²) < 4.78 is 13.1. The Morgan fingerprint density at radius 1 is 1.13 bits per heavy atom. The van der Waals surface area contributed by atoms with Gasteiger partial charge in [-0.25, -0.2) is 4.39 Å². The zero-order valence-electron chi connectivity index (χ0n) is 16.6. The van der Waals surface area contributed by atoms with Gasteiger partial charge in [0.15, 0.2) is 0 Å². The summed E-state index contributed by atoms with van der Waals surface area (Å²) in [4.78, 5) is 27.0. The molecule has 1 aliphatic rings. The van der Waals surface area contributed by atoms with Crippen molar-refractivity contribution in [2.45, 2.75) is 25.2 Å². The molecular weight excluding hydrogens is 439 g/mol. The van der Waals surface area contributed by atoms with Gasteiger partial charge in [0.05, 0.1) is 6.42 Å². The molecule has 1 saturated heterocycles. The number of aromatic nitrogens is 2. The maximum atomic E-state index is 13.1. The Kier molecular flexibility index (Phi) is 6.58. The van der Waals surface area contributed by atoms with Crippen LogP contribution in [0.25, 0.3) is 0 Å². The molecule has 2 amide bonds. The molecule has 1 fully saturated rings. The molecule has 1 aliphatic heterocycles. The van der Waals surface area contributed by atoms with Crippen molar-refractivity contribution in [3.05, 3.63) is 74.9 Å². The zero-order valence-corrected chi connectivity index (χ0v) is 18.1. The molecule has 4 rings (SSSR count). The van der Waals surface area contributed by atoms with Crippen LogP contribution in [0.4, 0.5) is 10.1 Å². The van der Waals surface area contributed by atoms with Crippen molar-refractivity contribution in [3.8, 4) is 0 Å². The number of nitrogens with one attached hydrogen (secondary N) is 1. The van der Waals surface area contributed by atoms with E-state index in [1.165, 1.54) is 23.5 Å². The predicted octanol–water partition coefficient (Wildman–Crippen LogP) is 4.53. The van der Waals surface area contributed by atoms with Crippen molar-refractivity contribution in [2.24, 2.45) is 0 Å². The number of anilines is 1. The van der Waals surface area contributed by atoms with Gasteiger partial charge in [-0.05, 0) is 54.8 Å². The molecule has 0 spiro atoms. The summed E-state index contributed by atoms with van der Waals surface area (Å²) in [5.74, 6) is -0.602. The molecule has 160 valence electrons. The van der Waals surface area contributed by atoms with E-state index >= 15 is 0 Å². The van der Waals surface area contributed by atoms with Crippen molar-refractivity contribution in [3.63, 3.8) is 0 Å². The number of benzene rings is 2. The molecule has 0 aliphatic carbocycles. The lowest BCUT2D eigenvalue weighted by molar-refractivity contribution is -0.131. The van der Waals surface area contributed by atoms with Crippen LogP contribution in [-0.2, 0) is 11.2 Å². The van der Waals surface area contributed by atoms with Gasteiger partial charge in [0.25, 0.3) is 5.91 Å². The number of carbonyl (C=O) groups is 2. The summed E-state index contributed by atoms with van der Waals surface area (Å²) in [5.41, 5.74) is 1.41. The third-order valence-corrected chi connectivity index (χ3v) is 6.47. The first kappa shape index (κ1) is 21.4. The first-order valence-electron chi connectivity index (χ1n) is 9.90. The Hall–Kier alpha value is -2.84. The van der Waals surface area contributed by atoms with Gasteiger partial charge in [0.2, 0.25) is 10.9 Å². The molecular formula is C22H20ClFN4O2S. The number of hydrogen-bond donors (Lipinski definition) is 1. The summed E-state index contributed by atoms with van der Waals surface area (Å²) in [7, 11) is 0. The maximum Gasteiger partial charge on any atom is 0.286 e. The Balaban J connectivity index is 1.37. The highest BCUT2D eigenvalue weighted by molar-refractivity contribution is 7.13. The minimum absolute atomic E-state index is 0.00142. The van der Waals surface area contributed by atoms with Gasteiger partial charge in [0, 0.05) is 29.7 Å². The van der Waals surface area contributed by atoms with Crippen LogP contribution in [0, 0.1) is 5.82 Å². The second kappa shape index (κ2) is 9.53. The van der Waals surface area contributed by atoms with Gasteiger partial charge in [-0.15, -0.1) is 10.2 Å². The molecule has 2 heterocycles. The second-order valence-electron chi connectivity index (χ2n) is 7.39. The van der Waals surface area contributed by atoms with Crippen molar-refractivity contribution < 1.29 is 14.0 Å².